The third kappa shape index (κ3) is 1.96. The van der Waals surface area contributed by atoms with Gasteiger partial charge in [-0.2, -0.15) is 5.10 Å². The normalized spacial score (nSPS) is 10.5. The van der Waals surface area contributed by atoms with Crippen LogP contribution < -0.4 is 0 Å². The number of carboxylic acids is 1. The summed E-state index contributed by atoms with van der Waals surface area (Å²) in [6.45, 7) is 1.77. The quantitative estimate of drug-likeness (QED) is 0.808. The molecule has 0 radical (unpaired) electrons. The highest BCUT2D eigenvalue weighted by molar-refractivity contribution is 6.06. The number of rotatable bonds is 3. The van der Waals surface area contributed by atoms with Crippen LogP contribution in [0.5, 0.6) is 0 Å². The molecule has 17 heavy (non-hydrogen) atoms. The van der Waals surface area contributed by atoms with Crippen molar-refractivity contribution >= 4 is 11.8 Å². The number of hydrogen-bond acceptors (Lipinski definition) is 4. The fraction of sp³-hybridized carbons (Fsp3) is 0.182. The van der Waals surface area contributed by atoms with Gasteiger partial charge in [0.1, 0.15) is 5.69 Å². The minimum atomic E-state index is -1.20. The number of aryl methyl sites for hydroxylation is 2. The predicted octanol–water partition coefficient (Wildman–Crippen LogP) is 1.25. The monoisotopic (exact) mass is 234 g/mol. The minimum absolute atomic E-state index is 0.00889. The molecule has 0 bridgehead atoms. The van der Waals surface area contributed by atoms with Crippen molar-refractivity contribution in [2.45, 2.75) is 6.92 Å². The molecule has 0 aliphatic heterocycles. The summed E-state index contributed by atoms with van der Waals surface area (Å²) < 4.78 is 6.37. The molecule has 6 nitrogen and oxygen atoms in total. The maximum atomic E-state index is 12.0. The number of carbonyl (C=O) groups excluding carboxylic acids is 1. The fourth-order valence-electron chi connectivity index (χ4n) is 1.52. The van der Waals surface area contributed by atoms with Crippen LogP contribution in [0.1, 0.15) is 32.5 Å². The summed E-state index contributed by atoms with van der Waals surface area (Å²) in [6.07, 6.45) is 0. The van der Waals surface area contributed by atoms with E-state index in [-0.39, 0.29) is 17.3 Å². The number of aromatic nitrogens is 2. The molecule has 0 unspecified atom stereocenters. The Kier molecular flexibility index (Phi) is 2.55. The molecule has 2 aromatic heterocycles. The first-order valence-corrected chi connectivity index (χ1v) is 4.87. The Morgan fingerprint density at radius 2 is 2.00 bits per heavy atom. The van der Waals surface area contributed by atoms with Crippen LogP contribution in [-0.4, -0.2) is 26.6 Å². The Morgan fingerprint density at radius 1 is 1.35 bits per heavy atom. The van der Waals surface area contributed by atoms with Gasteiger partial charge in [0, 0.05) is 7.05 Å². The predicted molar refractivity (Wildman–Crippen MR) is 57.0 cm³/mol. The van der Waals surface area contributed by atoms with Gasteiger partial charge in [-0.25, -0.2) is 4.79 Å². The van der Waals surface area contributed by atoms with Gasteiger partial charge < -0.3 is 9.52 Å². The van der Waals surface area contributed by atoms with E-state index in [1.807, 2.05) is 0 Å². The van der Waals surface area contributed by atoms with Crippen molar-refractivity contribution in [2.75, 3.05) is 0 Å². The summed E-state index contributed by atoms with van der Waals surface area (Å²) in [5, 5.41) is 12.7. The van der Waals surface area contributed by atoms with Gasteiger partial charge in [-0.05, 0) is 25.1 Å². The maximum Gasteiger partial charge on any atom is 0.371 e. The minimum Gasteiger partial charge on any atom is -0.475 e. The summed E-state index contributed by atoms with van der Waals surface area (Å²) in [4.78, 5) is 22.6. The van der Waals surface area contributed by atoms with Crippen LogP contribution in [-0.2, 0) is 7.05 Å². The highest BCUT2D eigenvalue weighted by Crippen LogP contribution is 2.14. The Hall–Kier alpha value is -2.37. The number of furan rings is 1. The molecule has 0 aliphatic carbocycles. The van der Waals surface area contributed by atoms with Crippen LogP contribution in [0.25, 0.3) is 0 Å². The Labute approximate surface area is 96.5 Å². The Bertz CT molecular complexity index is 594. The van der Waals surface area contributed by atoms with Crippen LogP contribution in [0.2, 0.25) is 0 Å². The average molecular weight is 234 g/mol. The topological polar surface area (TPSA) is 85.3 Å². The lowest BCUT2D eigenvalue weighted by atomic mass is 10.2. The van der Waals surface area contributed by atoms with Gasteiger partial charge in [-0.3, -0.25) is 9.48 Å². The number of aromatic carboxylic acids is 1. The van der Waals surface area contributed by atoms with E-state index in [1.165, 1.54) is 16.8 Å². The first-order valence-electron chi connectivity index (χ1n) is 4.87. The summed E-state index contributed by atoms with van der Waals surface area (Å²) >= 11 is 0. The van der Waals surface area contributed by atoms with Crippen molar-refractivity contribution in [1.29, 1.82) is 0 Å². The zero-order chi connectivity index (χ0) is 12.6. The molecule has 0 aliphatic rings. The van der Waals surface area contributed by atoms with Crippen LogP contribution in [0, 0.1) is 6.92 Å². The lowest BCUT2D eigenvalue weighted by Gasteiger charge is -1.97. The molecule has 0 fully saturated rings. The van der Waals surface area contributed by atoms with Gasteiger partial charge >= 0.3 is 5.97 Å². The van der Waals surface area contributed by atoms with E-state index in [0.717, 1.165) is 0 Å². The van der Waals surface area contributed by atoms with Gasteiger partial charge in [-0.15, -0.1) is 0 Å². The van der Waals surface area contributed by atoms with Crippen LogP contribution in [0.3, 0.4) is 0 Å². The van der Waals surface area contributed by atoms with Crippen molar-refractivity contribution < 1.29 is 19.1 Å². The van der Waals surface area contributed by atoms with Crippen molar-refractivity contribution in [3.63, 3.8) is 0 Å². The molecule has 1 N–H and O–H groups in total. The molecule has 2 heterocycles. The maximum absolute atomic E-state index is 12.0. The molecule has 0 saturated carbocycles. The summed E-state index contributed by atoms with van der Waals surface area (Å²) in [7, 11) is 1.64. The van der Waals surface area contributed by atoms with Gasteiger partial charge in [0.2, 0.25) is 11.5 Å². The highest BCUT2D eigenvalue weighted by Gasteiger charge is 2.19. The van der Waals surface area contributed by atoms with E-state index >= 15 is 0 Å². The van der Waals surface area contributed by atoms with E-state index in [1.54, 1.807) is 20.0 Å². The van der Waals surface area contributed by atoms with E-state index in [4.69, 9.17) is 9.52 Å². The second-order valence-electron chi connectivity index (χ2n) is 3.59. The lowest BCUT2D eigenvalue weighted by Crippen LogP contribution is -2.07. The van der Waals surface area contributed by atoms with Gasteiger partial charge in [0.05, 0.1) is 5.69 Å². The number of hydrogen-bond donors (Lipinski definition) is 1. The fourth-order valence-corrected chi connectivity index (χ4v) is 1.52. The standard InChI is InChI=1S/C11H10N2O4/c1-6-5-7(13(2)12-6)10(14)8-3-4-9(17-8)11(15)16/h3-5H,1-2H3,(H,15,16). The molecule has 2 aromatic rings. The molecule has 88 valence electrons. The Balaban J connectivity index is 2.37. The van der Waals surface area contributed by atoms with E-state index < -0.39 is 5.97 Å². The van der Waals surface area contributed by atoms with E-state index in [9.17, 15) is 9.59 Å². The van der Waals surface area contributed by atoms with Crippen molar-refractivity contribution in [2.24, 2.45) is 7.05 Å². The number of ketones is 1. The summed E-state index contributed by atoms with van der Waals surface area (Å²) in [5.41, 5.74) is 1.06. The highest BCUT2D eigenvalue weighted by atomic mass is 16.4. The second-order valence-corrected chi connectivity index (χ2v) is 3.59. The molecular weight excluding hydrogens is 224 g/mol. The van der Waals surface area contributed by atoms with Gasteiger partial charge in [0.25, 0.3) is 0 Å². The summed E-state index contributed by atoms with van der Waals surface area (Å²) in [5.74, 6) is -1.86. The summed E-state index contributed by atoms with van der Waals surface area (Å²) in [6, 6.07) is 4.21. The number of nitrogens with zero attached hydrogens (tertiary/aromatic N) is 2. The largest absolute Gasteiger partial charge is 0.475 e. The lowest BCUT2D eigenvalue weighted by molar-refractivity contribution is 0.0660. The number of carbonyl (C=O) groups is 2. The van der Waals surface area contributed by atoms with E-state index in [2.05, 4.69) is 5.10 Å². The third-order valence-corrected chi connectivity index (χ3v) is 2.28. The zero-order valence-corrected chi connectivity index (χ0v) is 9.30. The first kappa shape index (κ1) is 11.1. The van der Waals surface area contributed by atoms with E-state index in [0.29, 0.717) is 11.4 Å². The van der Waals surface area contributed by atoms with Gasteiger partial charge in [-0.1, -0.05) is 0 Å². The van der Waals surface area contributed by atoms with Crippen molar-refractivity contribution in [3.05, 3.63) is 41.1 Å². The molecular formula is C11H10N2O4. The molecule has 0 saturated heterocycles. The third-order valence-electron chi connectivity index (χ3n) is 2.28. The molecule has 2 rings (SSSR count). The average Bonchev–Trinajstić information content (AvgIpc) is 2.84. The van der Waals surface area contributed by atoms with Crippen LogP contribution in [0.4, 0.5) is 0 Å². The van der Waals surface area contributed by atoms with Crippen molar-refractivity contribution in [1.82, 2.24) is 9.78 Å². The molecule has 0 spiro atoms. The number of carboxylic acid groups (broad SMARTS) is 1. The second kappa shape index (κ2) is 3.89. The van der Waals surface area contributed by atoms with Gasteiger partial charge in [0.15, 0.2) is 5.76 Å². The molecule has 6 heteroatoms. The van der Waals surface area contributed by atoms with Crippen LogP contribution in [0.15, 0.2) is 22.6 Å². The Morgan fingerprint density at radius 3 is 2.47 bits per heavy atom. The molecule has 0 aromatic carbocycles. The van der Waals surface area contributed by atoms with Crippen molar-refractivity contribution in [3.8, 4) is 0 Å². The SMILES string of the molecule is Cc1cc(C(=O)c2ccc(C(=O)O)o2)n(C)n1. The molecule has 0 atom stereocenters. The zero-order valence-electron chi connectivity index (χ0n) is 9.30. The van der Waals surface area contributed by atoms with Crippen LogP contribution >= 0.6 is 0 Å². The molecule has 0 amide bonds. The first-order chi connectivity index (χ1) is 7.99. The smallest absolute Gasteiger partial charge is 0.371 e.